The average molecular weight is 302 g/mol. The molecule has 2 heterocycles. The summed E-state index contributed by atoms with van der Waals surface area (Å²) in [6, 6.07) is 11.3. The zero-order valence-electron chi connectivity index (χ0n) is 9.25. The van der Waals surface area contributed by atoms with Gasteiger partial charge in [-0.3, -0.25) is 9.20 Å². The SMILES string of the molecule is O=Cc1ccn2c(-c3ccc(Br)cc3)nnc2c1. The van der Waals surface area contributed by atoms with E-state index in [2.05, 4.69) is 26.1 Å². The molecule has 0 aliphatic carbocycles. The van der Waals surface area contributed by atoms with Crippen molar-refractivity contribution >= 4 is 27.9 Å². The molecule has 3 aromatic rings. The van der Waals surface area contributed by atoms with Gasteiger partial charge in [0, 0.05) is 21.8 Å². The lowest BCUT2D eigenvalue weighted by Gasteiger charge is -2.00. The van der Waals surface area contributed by atoms with Crippen LogP contribution in [0.5, 0.6) is 0 Å². The highest BCUT2D eigenvalue weighted by Crippen LogP contribution is 2.20. The smallest absolute Gasteiger partial charge is 0.168 e. The van der Waals surface area contributed by atoms with Gasteiger partial charge in [-0.25, -0.2) is 0 Å². The first-order valence-electron chi connectivity index (χ1n) is 5.34. The minimum atomic E-state index is 0.595. The van der Waals surface area contributed by atoms with Crippen LogP contribution in [-0.4, -0.2) is 20.9 Å². The zero-order chi connectivity index (χ0) is 12.5. The topological polar surface area (TPSA) is 47.3 Å². The molecule has 0 radical (unpaired) electrons. The van der Waals surface area contributed by atoms with Gasteiger partial charge in [0.1, 0.15) is 6.29 Å². The van der Waals surface area contributed by atoms with E-state index in [-0.39, 0.29) is 0 Å². The molecule has 0 saturated heterocycles. The van der Waals surface area contributed by atoms with E-state index in [9.17, 15) is 4.79 Å². The number of aromatic nitrogens is 3. The number of carbonyl (C=O) groups is 1. The van der Waals surface area contributed by atoms with Gasteiger partial charge in [0.2, 0.25) is 0 Å². The second kappa shape index (κ2) is 4.34. The van der Waals surface area contributed by atoms with Gasteiger partial charge in [-0.1, -0.05) is 28.1 Å². The molecule has 1 aromatic carbocycles. The number of hydrogen-bond donors (Lipinski definition) is 0. The number of halogens is 1. The summed E-state index contributed by atoms with van der Waals surface area (Å²) in [6.45, 7) is 0. The van der Waals surface area contributed by atoms with Gasteiger partial charge in [-0.15, -0.1) is 10.2 Å². The molecule has 0 N–H and O–H groups in total. The van der Waals surface area contributed by atoms with E-state index in [1.165, 1.54) is 0 Å². The van der Waals surface area contributed by atoms with Crippen LogP contribution < -0.4 is 0 Å². The molecule has 0 saturated carbocycles. The first-order valence-corrected chi connectivity index (χ1v) is 6.13. The lowest BCUT2D eigenvalue weighted by atomic mass is 10.2. The Kier molecular flexibility index (Phi) is 2.68. The van der Waals surface area contributed by atoms with Crippen molar-refractivity contribution in [2.45, 2.75) is 0 Å². The number of pyridine rings is 1. The maximum Gasteiger partial charge on any atom is 0.168 e. The van der Waals surface area contributed by atoms with Crippen molar-refractivity contribution in [1.29, 1.82) is 0 Å². The van der Waals surface area contributed by atoms with E-state index in [0.29, 0.717) is 11.2 Å². The number of carbonyl (C=O) groups excluding carboxylic acids is 1. The highest BCUT2D eigenvalue weighted by molar-refractivity contribution is 9.10. The van der Waals surface area contributed by atoms with E-state index >= 15 is 0 Å². The Morgan fingerprint density at radius 2 is 1.89 bits per heavy atom. The largest absolute Gasteiger partial charge is 0.298 e. The Balaban J connectivity index is 2.18. The van der Waals surface area contributed by atoms with Gasteiger partial charge in [0.15, 0.2) is 11.5 Å². The third kappa shape index (κ3) is 1.82. The monoisotopic (exact) mass is 301 g/mol. The Labute approximate surface area is 111 Å². The highest BCUT2D eigenvalue weighted by atomic mass is 79.9. The Hall–Kier alpha value is -2.01. The lowest BCUT2D eigenvalue weighted by Crippen LogP contribution is -1.90. The third-order valence-corrected chi connectivity index (χ3v) is 3.20. The van der Waals surface area contributed by atoms with Crippen LogP contribution in [0.1, 0.15) is 10.4 Å². The number of fused-ring (bicyclic) bond motifs is 1. The van der Waals surface area contributed by atoms with Gasteiger partial charge in [0.25, 0.3) is 0 Å². The molecule has 4 nitrogen and oxygen atoms in total. The van der Waals surface area contributed by atoms with Crippen LogP contribution in [0.25, 0.3) is 17.0 Å². The summed E-state index contributed by atoms with van der Waals surface area (Å²) >= 11 is 3.40. The standard InChI is InChI=1S/C13H8BrN3O/c14-11-3-1-10(2-4-11)13-16-15-12-7-9(8-18)5-6-17(12)13/h1-8H. The highest BCUT2D eigenvalue weighted by Gasteiger charge is 2.07. The Morgan fingerprint density at radius 3 is 2.61 bits per heavy atom. The summed E-state index contributed by atoms with van der Waals surface area (Å²) in [6.07, 6.45) is 2.60. The van der Waals surface area contributed by atoms with Gasteiger partial charge in [0.05, 0.1) is 0 Å². The molecule has 0 aliphatic heterocycles. The van der Waals surface area contributed by atoms with Gasteiger partial charge in [-0.05, 0) is 24.3 Å². The summed E-state index contributed by atoms with van der Waals surface area (Å²) in [4.78, 5) is 10.7. The molecule has 2 aromatic heterocycles. The Morgan fingerprint density at radius 1 is 1.11 bits per heavy atom. The number of hydrogen-bond acceptors (Lipinski definition) is 3. The van der Waals surface area contributed by atoms with Crippen LogP contribution in [0.2, 0.25) is 0 Å². The van der Waals surface area contributed by atoms with Crippen molar-refractivity contribution in [3.05, 3.63) is 52.6 Å². The van der Waals surface area contributed by atoms with Crippen molar-refractivity contribution in [3.63, 3.8) is 0 Å². The van der Waals surface area contributed by atoms with E-state index in [1.807, 2.05) is 28.7 Å². The zero-order valence-corrected chi connectivity index (χ0v) is 10.8. The summed E-state index contributed by atoms with van der Waals surface area (Å²) in [5, 5.41) is 8.22. The van der Waals surface area contributed by atoms with Crippen LogP contribution in [-0.2, 0) is 0 Å². The summed E-state index contributed by atoms with van der Waals surface area (Å²) in [5.74, 6) is 0.759. The molecule has 0 bridgehead atoms. The minimum Gasteiger partial charge on any atom is -0.298 e. The summed E-state index contributed by atoms with van der Waals surface area (Å²) < 4.78 is 2.87. The lowest BCUT2D eigenvalue weighted by molar-refractivity contribution is 0.112. The van der Waals surface area contributed by atoms with E-state index < -0.39 is 0 Å². The van der Waals surface area contributed by atoms with Crippen LogP contribution in [0, 0.1) is 0 Å². The molecule has 18 heavy (non-hydrogen) atoms. The number of rotatable bonds is 2. The van der Waals surface area contributed by atoms with E-state index in [1.54, 1.807) is 18.3 Å². The Bertz CT molecular complexity index is 719. The maximum absolute atomic E-state index is 10.7. The van der Waals surface area contributed by atoms with E-state index in [4.69, 9.17) is 0 Å². The molecule has 0 atom stereocenters. The fourth-order valence-corrected chi connectivity index (χ4v) is 2.04. The van der Waals surface area contributed by atoms with Crippen molar-refractivity contribution in [2.24, 2.45) is 0 Å². The van der Waals surface area contributed by atoms with Gasteiger partial charge >= 0.3 is 0 Å². The molecule has 0 spiro atoms. The van der Waals surface area contributed by atoms with Crippen molar-refractivity contribution in [3.8, 4) is 11.4 Å². The molecular weight excluding hydrogens is 294 g/mol. The fraction of sp³-hybridized carbons (Fsp3) is 0. The maximum atomic E-state index is 10.7. The van der Waals surface area contributed by atoms with Crippen LogP contribution in [0.15, 0.2) is 47.1 Å². The molecule has 5 heteroatoms. The number of benzene rings is 1. The van der Waals surface area contributed by atoms with Crippen LogP contribution in [0.4, 0.5) is 0 Å². The quantitative estimate of drug-likeness (QED) is 0.684. The summed E-state index contributed by atoms with van der Waals surface area (Å²) in [5.41, 5.74) is 2.24. The molecule has 0 aliphatic rings. The van der Waals surface area contributed by atoms with Crippen LogP contribution in [0.3, 0.4) is 0 Å². The van der Waals surface area contributed by atoms with Gasteiger partial charge in [-0.2, -0.15) is 0 Å². The number of nitrogens with zero attached hydrogens (tertiary/aromatic N) is 3. The predicted molar refractivity (Wildman–Crippen MR) is 71.5 cm³/mol. The van der Waals surface area contributed by atoms with E-state index in [0.717, 1.165) is 22.1 Å². The average Bonchev–Trinajstić information content (AvgIpc) is 2.82. The summed E-state index contributed by atoms with van der Waals surface area (Å²) in [7, 11) is 0. The molecule has 0 unspecified atom stereocenters. The van der Waals surface area contributed by atoms with Crippen molar-refractivity contribution in [2.75, 3.05) is 0 Å². The second-order valence-corrected chi connectivity index (χ2v) is 4.75. The molecular formula is C13H8BrN3O. The fourth-order valence-electron chi connectivity index (χ4n) is 1.78. The predicted octanol–water partition coefficient (Wildman–Crippen LogP) is 2.97. The molecule has 88 valence electrons. The third-order valence-electron chi connectivity index (χ3n) is 2.67. The second-order valence-electron chi connectivity index (χ2n) is 3.84. The number of aldehydes is 1. The molecule has 0 fully saturated rings. The van der Waals surface area contributed by atoms with Crippen molar-refractivity contribution < 1.29 is 4.79 Å². The van der Waals surface area contributed by atoms with Gasteiger partial charge < -0.3 is 0 Å². The van der Waals surface area contributed by atoms with Crippen molar-refractivity contribution in [1.82, 2.24) is 14.6 Å². The normalized spacial score (nSPS) is 10.7. The minimum absolute atomic E-state index is 0.595. The van der Waals surface area contributed by atoms with Crippen LogP contribution >= 0.6 is 15.9 Å². The first-order chi connectivity index (χ1) is 8.78. The first kappa shape index (κ1) is 11.1. The molecule has 3 rings (SSSR count). The molecule has 0 amide bonds.